The zero-order valence-electron chi connectivity index (χ0n) is 25.7. The summed E-state index contributed by atoms with van der Waals surface area (Å²) in [6.45, 7) is 9.59. The van der Waals surface area contributed by atoms with Crippen molar-refractivity contribution in [1.82, 2.24) is 0 Å². The van der Waals surface area contributed by atoms with Gasteiger partial charge in [-0.25, -0.2) is 9.59 Å². The van der Waals surface area contributed by atoms with E-state index in [0.29, 0.717) is 13.1 Å². The van der Waals surface area contributed by atoms with E-state index in [-0.39, 0.29) is 12.1 Å². The van der Waals surface area contributed by atoms with E-state index in [4.69, 9.17) is 0 Å². The van der Waals surface area contributed by atoms with E-state index in [1.165, 1.54) is 0 Å². The number of para-hydroxylation sites is 2. The van der Waals surface area contributed by atoms with Crippen LogP contribution in [0.1, 0.15) is 37.8 Å². The fraction of sp³-hybridized carbons (Fsp3) is 0.278. The van der Waals surface area contributed by atoms with Gasteiger partial charge < -0.3 is 0 Å². The van der Waals surface area contributed by atoms with Gasteiger partial charge in [-0.05, 0) is 97.5 Å². The minimum atomic E-state index is -0.0592. The SMILES string of the molecule is CCCN(C(=O)N(C)c1ccc(-c2ccc(N(C)C(=O)N(CCC)c3ccccc3)cc2C)c(C)c1)c1ccccc1. The largest absolute Gasteiger partial charge is 0.328 e. The highest BCUT2D eigenvalue weighted by molar-refractivity contribution is 6.04. The van der Waals surface area contributed by atoms with Crippen molar-refractivity contribution in [3.05, 3.63) is 108 Å². The van der Waals surface area contributed by atoms with Crippen LogP contribution in [-0.4, -0.2) is 39.2 Å². The number of carbonyl (C=O) groups is 2. The molecule has 4 amide bonds. The topological polar surface area (TPSA) is 47.1 Å². The Kier molecular flexibility index (Phi) is 10.0. The van der Waals surface area contributed by atoms with Crippen molar-refractivity contribution < 1.29 is 9.59 Å². The molecular weight excluding hydrogens is 520 g/mol. The molecule has 0 saturated carbocycles. The van der Waals surface area contributed by atoms with E-state index >= 15 is 0 Å². The predicted molar refractivity (Wildman–Crippen MR) is 177 cm³/mol. The van der Waals surface area contributed by atoms with Crippen LogP contribution in [0.5, 0.6) is 0 Å². The summed E-state index contributed by atoms with van der Waals surface area (Å²) in [5.41, 5.74) is 7.82. The molecule has 0 aliphatic rings. The monoisotopic (exact) mass is 562 g/mol. The first-order chi connectivity index (χ1) is 20.3. The van der Waals surface area contributed by atoms with Crippen molar-refractivity contribution in [2.24, 2.45) is 0 Å². The van der Waals surface area contributed by atoms with Crippen LogP contribution in [-0.2, 0) is 0 Å². The summed E-state index contributed by atoms with van der Waals surface area (Å²) < 4.78 is 0. The molecule has 6 heteroatoms. The summed E-state index contributed by atoms with van der Waals surface area (Å²) >= 11 is 0. The molecular formula is C36H42N4O2. The van der Waals surface area contributed by atoms with Gasteiger partial charge in [-0.1, -0.05) is 62.4 Å². The number of anilines is 4. The Morgan fingerprint density at radius 1 is 0.524 bits per heavy atom. The Labute approximate surface area is 250 Å². The van der Waals surface area contributed by atoms with Gasteiger partial charge >= 0.3 is 12.1 Å². The number of hydrogen-bond donors (Lipinski definition) is 0. The van der Waals surface area contributed by atoms with Crippen LogP contribution in [0.3, 0.4) is 0 Å². The molecule has 0 saturated heterocycles. The molecule has 0 aliphatic heterocycles. The van der Waals surface area contributed by atoms with Crippen LogP contribution >= 0.6 is 0 Å². The van der Waals surface area contributed by atoms with E-state index in [0.717, 1.165) is 57.8 Å². The molecule has 0 spiro atoms. The highest BCUT2D eigenvalue weighted by atomic mass is 16.2. The van der Waals surface area contributed by atoms with Gasteiger partial charge in [-0.15, -0.1) is 0 Å². The highest BCUT2D eigenvalue weighted by Gasteiger charge is 2.22. The maximum atomic E-state index is 13.5. The van der Waals surface area contributed by atoms with Gasteiger partial charge in [-0.3, -0.25) is 19.6 Å². The standard InChI is InChI=1S/C36H42N4O2/c1-7-23-39(29-15-11-9-12-16-29)35(41)37(5)31-19-21-33(27(3)25-31)34-22-20-32(26-28(34)4)38(6)36(42)40(24-8-2)30-17-13-10-14-18-30/h9-22,25-26H,7-8,23-24H2,1-6H3. The number of hydrogen-bond acceptors (Lipinski definition) is 2. The molecule has 4 rings (SSSR count). The maximum Gasteiger partial charge on any atom is 0.328 e. The lowest BCUT2D eigenvalue weighted by atomic mass is 9.95. The average molecular weight is 563 g/mol. The molecule has 4 aromatic carbocycles. The summed E-state index contributed by atoms with van der Waals surface area (Å²) in [5.74, 6) is 0. The fourth-order valence-corrected chi connectivity index (χ4v) is 5.23. The third-order valence-electron chi connectivity index (χ3n) is 7.55. The van der Waals surface area contributed by atoms with Crippen molar-refractivity contribution in [3.8, 4) is 11.1 Å². The van der Waals surface area contributed by atoms with Crippen molar-refractivity contribution >= 4 is 34.8 Å². The second-order valence-electron chi connectivity index (χ2n) is 10.7. The third kappa shape index (κ3) is 6.65. The Morgan fingerprint density at radius 2 is 0.881 bits per heavy atom. The van der Waals surface area contributed by atoms with E-state index in [1.807, 2.05) is 96.7 Å². The lowest BCUT2D eigenvalue weighted by molar-refractivity contribution is 0.251. The van der Waals surface area contributed by atoms with Gasteiger partial charge in [0, 0.05) is 49.9 Å². The first kappa shape index (κ1) is 30.4. The molecule has 218 valence electrons. The maximum absolute atomic E-state index is 13.5. The van der Waals surface area contributed by atoms with Gasteiger partial charge in [-0.2, -0.15) is 0 Å². The highest BCUT2D eigenvalue weighted by Crippen LogP contribution is 2.33. The van der Waals surface area contributed by atoms with Crippen LogP contribution in [0.4, 0.5) is 32.3 Å². The Hall–Kier alpha value is -4.58. The van der Waals surface area contributed by atoms with Crippen molar-refractivity contribution in [3.63, 3.8) is 0 Å². The zero-order valence-corrected chi connectivity index (χ0v) is 25.7. The van der Waals surface area contributed by atoms with Crippen LogP contribution in [0, 0.1) is 13.8 Å². The van der Waals surface area contributed by atoms with Gasteiger partial charge in [0.1, 0.15) is 0 Å². The minimum absolute atomic E-state index is 0.0592. The van der Waals surface area contributed by atoms with E-state index in [2.05, 4.69) is 52.0 Å². The van der Waals surface area contributed by atoms with Gasteiger partial charge in [0.25, 0.3) is 0 Å². The summed E-state index contributed by atoms with van der Waals surface area (Å²) in [6.07, 6.45) is 1.73. The van der Waals surface area contributed by atoms with E-state index in [1.54, 1.807) is 9.80 Å². The normalized spacial score (nSPS) is 10.7. The first-order valence-electron chi connectivity index (χ1n) is 14.7. The molecule has 0 unspecified atom stereocenters. The minimum Gasteiger partial charge on any atom is -0.297 e. The van der Waals surface area contributed by atoms with Crippen LogP contribution in [0.2, 0.25) is 0 Å². The zero-order chi connectivity index (χ0) is 30.2. The van der Waals surface area contributed by atoms with Gasteiger partial charge in [0.15, 0.2) is 0 Å². The smallest absolute Gasteiger partial charge is 0.297 e. The molecule has 0 aliphatic carbocycles. The molecule has 42 heavy (non-hydrogen) atoms. The fourth-order valence-electron chi connectivity index (χ4n) is 5.23. The summed E-state index contributed by atoms with van der Waals surface area (Å²) in [7, 11) is 3.65. The molecule has 0 atom stereocenters. The predicted octanol–water partition coefficient (Wildman–Crippen LogP) is 8.92. The number of urea groups is 2. The number of benzene rings is 4. The Bertz CT molecular complexity index is 1390. The molecule has 6 nitrogen and oxygen atoms in total. The number of carbonyl (C=O) groups excluding carboxylic acids is 2. The summed E-state index contributed by atoms with van der Waals surface area (Å²) in [5, 5.41) is 0. The number of rotatable bonds is 9. The van der Waals surface area contributed by atoms with E-state index < -0.39 is 0 Å². The third-order valence-corrected chi connectivity index (χ3v) is 7.55. The van der Waals surface area contributed by atoms with Gasteiger partial charge in [0.05, 0.1) is 0 Å². The molecule has 0 bridgehead atoms. The van der Waals surface area contributed by atoms with E-state index in [9.17, 15) is 9.59 Å². The summed E-state index contributed by atoms with van der Waals surface area (Å²) in [4.78, 5) is 34.1. The Balaban J connectivity index is 1.55. The van der Waals surface area contributed by atoms with Crippen LogP contribution < -0.4 is 19.6 Å². The average Bonchev–Trinajstić information content (AvgIpc) is 3.02. The molecule has 0 fully saturated rings. The number of aryl methyl sites for hydroxylation is 2. The van der Waals surface area contributed by atoms with Crippen molar-refractivity contribution in [1.29, 1.82) is 0 Å². The number of amides is 4. The second kappa shape index (κ2) is 13.9. The lowest BCUT2D eigenvalue weighted by Crippen LogP contribution is -2.42. The lowest BCUT2D eigenvalue weighted by Gasteiger charge is -2.29. The quantitative estimate of drug-likeness (QED) is 0.204. The van der Waals surface area contributed by atoms with Gasteiger partial charge in [0.2, 0.25) is 0 Å². The first-order valence-corrected chi connectivity index (χ1v) is 14.7. The summed E-state index contributed by atoms with van der Waals surface area (Å²) in [6, 6.07) is 31.8. The van der Waals surface area contributed by atoms with Crippen LogP contribution in [0.25, 0.3) is 11.1 Å². The molecule has 0 radical (unpaired) electrons. The molecule has 0 aromatic heterocycles. The van der Waals surface area contributed by atoms with Crippen molar-refractivity contribution in [2.75, 3.05) is 46.8 Å². The number of nitrogens with zero attached hydrogens (tertiary/aromatic N) is 4. The second-order valence-corrected chi connectivity index (χ2v) is 10.7. The molecule has 0 heterocycles. The molecule has 4 aromatic rings. The molecule has 0 N–H and O–H groups in total. The van der Waals surface area contributed by atoms with Crippen LogP contribution in [0.15, 0.2) is 97.1 Å². The van der Waals surface area contributed by atoms with Crippen molar-refractivity contribution in [2.45, 2.75) is 40.5 Å². The Morgan fingerprint density at radius 3 is 1.19 bits per heavy atom.